The van der Waals surface area contributed by atoms with Crippen LogP contribution in [0.15, 0.2) is 180 Å². The number of para-hydroxylation sites is 5. The standard InChI is InChI=1S/C54H38N4O2/c1-54(2,3)43-29-34(33-14-5-4-6-15-33)24-27-46(43)57-47-21-10-8-19-44(47)55-52(57)35-16-13-17-36(28-35)59-37-25-26-38-40-32-51-41(39-18-7-12-23-50(39)60-51)31-49(40)58-48-22-11-9-20-45(48)56-53(58)42(38)30-37/h4-32H,1-3H3. The van der Waals surface area contributed by atoms with Crippen LogP contribution in [-0.4, -0.2) is 18.9 Å². The van der Waals surface area contributed by atoms with E-state index in [4.69, 9.17) is 19.1 Å². The number of imidazole rings is 2. The number of aromatic nitrogens is 4. The van der Waals surface area contributed by atoms with Crippen molar-refractivity contribution in [2.75, 3.05) is 0 Å². The van der Waals surface area contributed by atoms with Gasteiger partial charge in [0, 0.05) is 27.1 Å². The molecule has 0 unspecified atom stereocenters. The molecule has 0 N–H and O–H groups in total. The number of nitrogens with zero attached hydrogens (tertiary/aromatic N) is 4. The van der Waals surface area contributed by atoms with Crippen LogP contribution < -0.4 is 4.74 Å². The van der Waals surface area contributed by atoms with Crippen molar-refractivity contribution in [2.45, 2.75) is 26.2 Å². The normalized spacial score (nSPS) is 12.2. The Balaban J connectivity index is 0.999. The zero-order chi connectivity index (χ0) is 40.1. The SMILES string of the molecule is CC(C)(C)c1cc(-c2ccccc2)ccc1-n1c(-c2cccc(Oc3ccc4c5cc6oc7ccccc7c6cc5n5c6ccccc6nc5c4c3)c2)nc2ccccc21. The van der Waals surface area contributed by atoms with Gasteiger partial charge >= 0.3 is 0 Å². The molecule has 0 spiro atoms. The maximum atomic E-state index is 6.76. The van der Waals surface area contributed by atoms with Crippen molar-refractivity contribution >= 4 is 71.3 Å². The molecule has 8 aromatic carbocycles. The third kappa shape index (κ3) is 5.34. The number of ether oxygens (including phenoxy) is 1. The molecule has 0 aliphatic carbocycles. The van der Waals surface area contributed by atoms with E-state index in [-0.39, 0.29) is 5.41 Å². The van der Waals surface area contributed by atoms with Crippen LogP contribution in [-0.2, 0) is 5.41 Å². The van der Waals surface area contributed by atoms with Crippen molar-refractivity contribution in [1.29, 1.82) is 0 Å². The van der Waals surface area contributed by atoms with Crippen LogP contribution in [0.3, 0.4) is 0 Å². The van der Waals surface area contributed by atoms with Crippen molar-refractivity contribution in [3.63, 3.8) is 0 Å². The second kappa shape index (κ2) is 12.9. The van der Waals surface area contributed by atoms with Crippen LogP contribution in [0, 0.1) is 0 Å². The number of hydrogen-bond acceptors (Lipinski definition) is 4. The molecule has 4 heterocycles. The van der Waals surface area contributed by atoms with E-state index in [0.717, 1.165) is 99.9 Å². The largest absolute Gasteiger partial charge is 0.457 e. The molecule has 0 saturated heterocycles. The predicted molar refractivity (Wildman–Crippen MR) is 246 cm³/mol. The molecular formula is C54H38N4O2. The molecule has 12 aromatic rings. The van der Waals surface area contributed by atoms with Crippen molar-refractivity contribution in [3.8, 4) is 39.7 Å². The molecular weight excluding hydrogens is 737 g/mol. The Kier molecular flexibility index (Phi) is 7.39. The van der Waals surface area contributed by atoms with Gasteiger partial charge in [0.2, 0.25) is 0 Å². The Labute approximate surface area is 345 Å². The zero-order valence-electron chi connectivity index (χ0n) is 33.3. The molecule has 6 nitrogen and oxygen atoms in total. The van der Waals surface area contributed by atoms with Gasteiger partial charge in [-0.1, -0.05) is 112 Å². The van der Waals surface area contributed by atoms with E-state index in [1.807, 2.05) is 36.4 Å². The summed E-state index contributed by atoms with van der Waals surface area (Å²) >= 11 is 0. The van der Waals surface area contributed by atoms with Crippen LogP contribution in [0.1, 0.15) is 26.3 Å². The van der Waals surface area contributed by atoms with Crippen LogP contribution in [0.5, 0.6) is 11.5 Å². The summed E-state index contributed by atoms with van der Waals surface area (Å²) in [6.07, 6.45) is 0. The van der Waals surface area contributed by atoms with Gasteiger partial charge in [-0.3, -0.25) is 8.97 Å². The summed E-state index contributed by atoms with van der Waals surface area (Å²) in [5.41, 5.74) is 13.2. The zero-order valence-corrected chi connectivity index (χ0v) is 33.3. The second-order valence-electron chi connectivity index (χ2n) is 16.7. The summed E-state index contributed by atoms with van der Waals surface area (Å²) in [5.74, 6) is 2.29. The Bertz CT molecular complexity index is 3680. The summed E-state index contributed by atoms with van der Waals surface area (Å²) in [6.45, 7) is 6.83. The molecule has 60 heavy (non-hydrogen) atoms. The van der Waals surface area contributed by atoms with E-state index >= 15 is 0 Å². The highest BCUT2D eigenvalue weighted by Gasteiger charge is 2.24. The molecule has 4 aromatic heterocycles. The van der Waals surface area contributed by atoms with Crippen molar-refractivity contribution in [2.24, 2.45) is 0 Å². The molecule has 6 heteroatoms. The van der Waals surface area contributed by atoms with Crippen molar-refractivity contribution < 1.29 is 9.15 Å². The summed E-state index contributed by atoms with van der Waals surface area (Å²) in [4.78, 5) is 10.5. The molecule has 0 bridgehead atoms. The minimum Gasteiger partial charge on any atom is -0.457 e. The van der Waals surface area contributed by atoms with Crippen LogP contribution in [0.4, 0.5) is 0 Å². The Morgan fingerprint density at radius 3 is 2.05 bits per heavy atom. The average molecular weight is 775 g/mol. The van der Waals surface area contributed by atoms with Gasteiger partial charge in [0.25, 0.3) is 0 Å². The molecule has 0 amide bonds. The highest BCUT2D eigenvalue weighted by Crippen LogP contribution is 2.41. The maximum Gasteiger partial charge on any atom is 0.146 e. The predicted octanol–water partition coefficient (Wildman–Crippen LogP) is 14.5. The fourth-order valence-electron chi connectivity index (χ4n) is 9.06. The minimum atomic E-state index is -0.140. The molecule has 12 rings (SSSR count). The maximum absolute atomic E-state index is 6.76. The van der Waals surface area contributed by atoms with Gasteiger partial charge in [0.05, 0.1) is 33.3 Å². The van der Waals surface area contributed by atoms with Gasteiger partial charge in [0.15, 0.2) is 0 Å². The third-order valence-electron chi connectivity index (χ3n) is 11.9. The van der Waals surface area contributed by atoms with Crippen LogP contribution >= 0.6 is 0 Å². The molecule has 0 fully saturated rings. The fourth-order valence-corrected chi connectivity index (χ4v) is 9.06. The lowest BCUT2D eigenvalue weighted by molar-refractivity contribution is 0.483. The Morgan fingerprint density at radius 1 is 0.467 bits per heavy atom. The van der Waals surface area contributed by atoms with E-state index in [1.165, 1.54) is 16.7 Å². The number of rotatable bonds is 5. The first-order valence-corrected chi connectivity index (χ1v) is 20.4. The third-order valence-corrected chi connectivity index (χ3v) is 11.9. The van der Waals surface area contributed by atoms with Crippen LogP contribution in [0.2, 0.25) is 0 Å². The number of furan rings is 1. The smallest absolute Gasteiger partial charge is 0.146 e. The number of hydrogen-bond donors (Lipinski definition) is 0. The fraction of sp³-hybridized carbons (Fsp3) is 0.0741. The molecule has 0 atom stereocenters. The van der Waals surface area contributed by atoms with Gasteiger partial charge < -0.3 is 9.15 Å². The van der Waals surface area contributed by atoms with E-state index in [9.17, 15) is 0 Å². The molecule has 0 aliphatic heterocycles. The monoisotopic (exact) mass is 774 g/mol. The van der Waals surface area contributed by atoms with Gasteiger partial charge in [-0.25, -0.2) is 9.97 Å². The summed E-state index contributed by atoms with van der Waals surface area (Å²) in [7, 11) is 0. The van der Waals surface area contributed by atoms with Gasteiger partial charge in [-0.2, -0.15) is 0 Å². The summed E-state index contributed by atoms with van der Waals surface area (Å²) < 4.78 is 17.7. The molecule has 0 radical (unpaired) electrons. The Hall–Kier alpha value is -7.70. The molecule has 286 valence electrons. The van der Waals surface area contributed by atoms with E-state index in [0.29, 0.717) is 0 Å². The highest BCUT2D eigenvalue weighted by atomic mass is 16.5. The summed E-state index contributed by atoms with van der Waals surface area (Å²) in [6, 6.07) is 61.3. The number of fused-ring (bicyclic) bond motifs is 12. The number of pyridine rings is 1. The van der Waals surface area contributed by atoms with Crippen molar-refractivity contribution in [3.05, 3.63) is 181 Å². The second-order valence-corrected chi connectivity index (χ2v) is 16.7. The van der Waals surface area contributed by atoms with Crippen molar-refractivity contribution in [1.82, 2.24) is 18.9 Å². The Morgan fingerprint density at radius 2 is 1.20 bits per heavy atom. The summed E-state index contributed by atoms with van der Waals surface area (Å²) in [5, 5.41) is 5.36. The van der Waals surface area contributed by atoms with Crippen LogP contribution in [0.25, 0.3) is 99.5 Å². The van der Waals surface area contributed by atoms with E-state index in [1.54, 1.807) is 0 Å². The molecule has 0 saturated carbocycles. The van der Waals surface area contributed by atoms with Gasteiger partial charge in [-0.05, 0) is 112 Å². The van der Waals surface area contributed by atoms with E-state index in [2.05, 4.69) is 169 Å². The lowest BCUT2D eigenvalue weighted by Gasteiger charge is -2.25. The van der Waals surface area contributed by atoms with E-state index < -0.39 is 0 Å². The topological polar surface area (TPSA) is 57.5 Å². The average Bonchev–Trinajstić information content (AvgIpc) is 3.97. The lowest BCUT2D eigenvalue weighted by atomic mass is 9.84. The first kappa shape index (κ1) is 34.4. The first-order valence-electron chi connectivity index (χ1n) is 20.4. The molecule has 0 aliphatic rings. The number of benzene rings is 8. The highest BCUT2D eigenvalue weighted by molar-refractivity contribution is 6.19. The van der Waals surface area contributed by atoms with Gasteiger partial charge in [-0.15, -0.1) is 0 Å². The lowest BCUT2D eigenvalue weighted by Crippen LogP contribution is -2.16. The quantitative estimate of drug-likeness (QED) is 0.163. The minimum absolute atomic E-state index is 0.140. The first-order chi connectivity index (χ1) is 29.4. The van der Waals surface area contributed by atoms with Gasteiger partial charge in [0.1, 0.15) is 34.1 Å².